The molecule has 2 unspecified atom stereocenters. The summed E-state index contributed by atoms with van der Waals surface area (Å²) in [5.41, 5.74) is 2.28. The molecule has 1 aliphatic carbocycles. The molecule has 0 aromatic heterocycles. The number of carbonyl (C=O) groups is 2. The second-order valence-corrected chi connectivity index (χ2v) is 8.51. The first-order valence-corrected chi connectivity index (χ1v) is 10.7. The summed E-state index contributed by atoms with van der Waals surface area (Å²) in [5.74, 6) is -0.134. The summed E-state index contributed by atoms with van der Waals surface area (Å²) in [6, 6.07) is 6.25. The fourth-order valence-electron chi connectivity index (χ4n) is 4.55. The van der Waals surface area contributed by atoms with E-state index in [0.29, 0.717) is 6.54 Å². The number of carbonyl (C=O) groups excluding carboxylic acids is 2. The molecule has 2 fully saturated rings. The summed E-state index contributed by atoms with van der Waals surface area (Å²) in [5, 5.41) is 0.815. The molecule has 0 saturated carbocycles. The molecular formula is C22H29Cl2N3O2. The fourth-order valence-corrected chi connectivity index (χ4v) is 4.72. The number of likely N-dealkylation sites (tertiary alicyclic amines) is 1. The summed E-state index contributed by atoms with van der Waals surface area (Å²) < 4.78 is 0. The van der Waals surface area contributed by atoms with E-state index in [0.717, 1.165) is 62.6 Å². The maximum Gasteiger partial charge on any atom is 0.233 e. The summed E-state index contributed by atoms with van der Waals surface area (Å²) >= 11 is 6.26. The van der Waals surface area contributed by atoms with Gasteiger partial charge >= 0.3 is 0 Å². The maximum absolute atomic E-state index is 12.5. The highest BCUT2D eigenvalue weighted by atomic mass is 35.5. The van der Waals surface area contributed by atoms with Gasteiger partial charge in [-0.25, -0.2) is 0 Å². The highest BCUT2D eigenvalue weighted by Gasteiger charge is 2.46. The Morgan fingerprint density at radius 1 is 0.966 bits per heavy atom. The minimum Gasteiger partial charge on any atom is -0.369 e. The van der Waals surface area contributed by atoms with Crippen LogP contribution in [0.2, 0.25) is 5.02 Å². The number of imide groups is 1. The molecule has 2 atom stereocenters. The lowest BCUT2D eigenvalue weighted by atomic mass is 9.85. The number of allylic oxidation sites excluding steroid dienone is 2. The van der Waals surface area contributed by atoms with Crippen molar-refractivity contribution in [2.75, 3.05) is 44.2 Å². The molecule has 2 saturated heterocycles. The van der Waals surface area contributed by atoms with E-state index < -0.39 is 0 Å². The zero-order valence-corrected chi connectivity index (χ0v) is 18.4. The van der Waals surface area contributed by atoms with E-state index in [1.54, 1.807) is 0 Å². The summed E-state index contributed by atoms with van der Waals surface area (Å²) in [4.78, 5) is 31.4. The van der Waals surface area contributed by atoms with E-state index in [-0.39, 0.29) is 36.1 Å². The second-order valence-electron chi connectivity index (χ2n) is 8.10. The molecule has 2 aliphatic heterocycles. The summed E-state index contributed by atoms with van der Waals surface area (Å²) in [7, 11) is 0. The van der Waals surface area contributed by atoms with Crippen LogP contribution in [0.25, 0.3) is 0 Å². The monoisotopic (exact) mass is 437 g/mol. The number of hydrogen-bond donors (Lipinski definition) is 0. The summed E-state index contributed by atoms with van der Waals surface area (Å²) in [6.07, 6.45) is 6.36. The third-order valence-corrected chi connectivity index (χ3v) is 6.75. The zero-order chi connectivity index (χ0) is 19.7. The van der Waals surface area contributed by atoms with Gasteiger partial charge in [-0.05, 0) is 50.4 Å². The van der Waals surface area contributed by atoms with Crippen molar-refractivity contribution < 1.29 is 9.59 Å². The van der Waals surface area contributed by atoms with Crippen molar-refractivity contribution >= 4 is 41.5 Å². The van der Waals surface area contributed by atoms with E-state index in [1.807, 2.05) is 25.1 Å². The van der Waals surface area contributed by atoms with Crippen molar-refractivity contribution in [1.82, 2.24) is 9.80 Å². The van der Waals surface area contributed by atoms with Gasteiger partial charge < -0.3 is 4.90 Å². The fraction of sp³-hybridized carbons (Fsp3) is 0.545. The molecule has 0 bridgehead atoms. The molecule has 5 nitrogen and oxygen atoms in total. The van der Waals surface area contributed by atoms with Crippen molar-refractivity contribution in [3.05, 3.63) is 40.9 Å². The average Bonchev–Trinajstić information content (AvgIpc) is 2.96. The van der Waals surface area contributed by atoms with Crippen LogP contribution in [0.3, 0.4) is 0 Å². The first kappa shape index (κ1) is 22.1. The predicted octanol–water partition coefficient (Wildman–Crippen LogP) is 3.53. The molecule has 7 heteroatoms. The molecule has 158 valence electrons. The Balaban J connectivity index is 0.00000240. The normalized spacial score (nSPS) is 24.6. The largest absolute Gasteiger partial charge is 0.369 e. The molecule has 0 spiro atoms. The van der Waals surface area contributed by atoms with Crippen LogP contribution in [-0.2, 0) is 9.59 Å². The number of rotatable bonds is 5. The van der Waals surface area contributed by atoms with Crippen LogP contribution in [0.4, 0.5) is 5.69 Å². The quantitative estimate of drug-likeness (QED) is 0.521. The van der Waals surface area contributed by atoms with Gasteiger partial charge in [0.2, 0.25) is 11.8 Å². The average molecular weight is 438 g/mol. The van der Waals surface area contributed by atoms with Gasteiger partial charge in [0, 0.05) is 43.4 Å². The van der Waals surface area contributed by atoms with Crippen molar-refractivity contribution in [1.29, 1.82) is 0 Å². The Bertz CT molecular complexity index is 764. The molecule has 0 N–H and O–H groups in total. The molecule has 2 heterocycles. The number of piperazine rings is 1. The van der Waals surface area contributed by atoms with Gasteiger partial charge in [0.25, 0.3) is 0 Å². The molecule has 1 aromatic carbocycles. The topological polar surface area (TPSA) is 43.9 Å². The number of hydrogen-bond acceptors (Lipinski definition) is 4. The van der Waals surface area contributed by atoms with E-state index in [4.69, 9.17) is 11.6 Å². The molecular weight excluding hydrogens is 409 g/mol. The smallest absolute Gasteiger partial charge is 0.233 e. The minimum atomic E-state index is -0.109. The molecule has 3 aliphatic rings. The number of fused-ring (bicyclic) bond motifs is 1. The van der Waals surface area contributed by atoms with Crippen LogP contribution >= 0.6 is 24.0 Å². The maximum atomic E-state index is 12.5. The first-order valence-electron chi connectivity index (χ1n) is 10.3. The Morgan fingerprint density at radius 3 is 2.17 bits per heavy atom. The molecule has 1 aromatic rings. The number of aryl methyl sites for hydroxylation is 1. The highest BCUT2D eigenvalue weighted by Crippen LogP contribution is 2.35. The highest BCUT2D eigenvalue weighted by molar-refractivity contribution is 6.31. The van der Waals surface area contributed by atoms with Crippen LogP contribution in [0, 0.1) is 18.8 Å². The number of halogens is 2. The molecule has 0 radical (unpaired) electrons. The van der Waals surface area contributed by atoms with Gasteiger partial charge in [0.15, 0.2) is 0 Å². The molecule has 2 amide bonds. The molecule has 4 rings (SSSR count). The van der Waals surface area contributed by atoms with Gasteiger partial charge in [-0.15, -0.1) is 12.4 Å². The van der Waals surface area contributed by atoms with Gasteiger partial charge in [0.05, 0.1) is 11.8 Å². The number of amides is 2. The van der Waals surface area contributed by atoms with Gasteiger partial charge in [-0.2, -0.15) is 0 Å². The first-order chi connectivity index (χ1) is 13.5. The second kappa shape index (κ2) is 9.50. The lowest BCUT2D eigenvalue weighted by Gasteiger charge is -2.36. The van der Waals surface area contributed by atoms with E-state index >= 15 is 0 Å². The van der Waals surface area contributed by atoms with Crippen molar-refractivity contribution in [3.63, 3.8) is 0 Å². The van der Waals surface area contributed by atoms with Crippen molar-refractivity contribution in [2.45, 2.75) is 26.2 Å². The van der Waals surface area contributed by atoms with Gasteiger partial charge in [-0.3, -0.25) is 19.4 Å². The van der Waals surface area contributed by atoms with E-state index in [9.17, 15) is 9.59 Å². The van der Waals surface area contributed by atoms with Crippen LogP contribution in [0.5, 0.6) is 0 Å². The summed E-state index contributed by atoms with van der Waals surface area (Å²) in [6.45, 7) is 7.41. The van der Waals surface area contributed by atoms with Gasteiger partial charge in [-0.1, -0.05) is 29.8 Å². The van der Waals surface area contributed by atoms with E-state index in [2.05, 4.69) is 21.9 Å². The third kappa shape index (κ3) is 4.62. The Kier molecular flexibility index (Phi) is 7.25. The lowest BCUT2D eigenvalue weighted by molar-refractivity contribution is -0.140. The van der Waals surface area contributed by atoms with Crippen molar-refractivity contribution in [3.8, 4) is 0 Å². The van der Waals surface area contributed by atoms with Crippen molar-refractivity contribution in [2.24, 2.45) is 11.8 Å². The molecule has 29 heavy (non-hydrogen) atoms. The van der Waals surface area contributed by atoms with Crippen LogP contribution in [0.15, 0.2) is 30.4 Å². The zero-order valence-electron chi connectivity index (χ0n) is 16.8. The van der Waals surface area contributed by atoms with Gasteiger partial charge in [0.1, 0.15) is 0 Å². The third-order valence-electron chi connectivity index (χ3n) is 6.35. The predicted molar refractivity (Wildman–Crippen MR) is 119 cm³/mol. The van der Waals surface area contributed by atoms with Crippen LogP contribution < -0.4 is 4.90 Å². The van der Waals surface area contributed by atoms with Crippen LogP contribution in [-0.4, -0.2) is 60.9 Å². The SMILES string of the molecule is Cc1ccc(N2CCN(CCCN3C(=O)C4CC=CCC4C3=O)CC2)cc1Cl.Cl. The standard InChI is InChI=1S/C22H28ClN3O2.ClH/c1-16-7-8-17(15-20(16)23)25-13-11-24(12-14-25)9-4-10-26-21(27)18-5-2-3-6-19(18)22(26)28;/h2-3,7-8,15,18-19H,4-6,9-14H2,1H3;1H. The number of anilines is 1. The lowest BCUT2D eigenvalue weighted by Crippen LogP contribution is -2.47. The Hall–Kier alpha value is -1.56. The van der Waals surface area contributed by atoms with Crippen LogP contribution in [0.1, 0.15) is 24.8 Å². The number of nitrogens with zero attached hydrogens (tertiary/aromatic N) is 3. The number of benzene rings is 1. The Labute approximate surface area is 184 Å². The Morgan fingerprint density at radius 2 is 1.59 bits per heavy atom. The minimum absolute atomic E-state index is 0. The van der Waals surface area contributed by atoms with E-state index in [1.165, 1.54) is 10.6 Å².